The highest BCUT2D eigenvalue weighted by atomic mass is 35.5. The number of benzene rings is 1. The number of carbonyl (C=O) groups is 1. The van der Waals surface area contributed by atoms with Crippen LogP contribution in [-0.4, -0.2) is 11.3 Å². The molecule has 0 atom stereocenters. The van der Waals surface area contributed by atoms with Crippen LogP contribution in [0.5, 0.6) is 0 Å². The molecule has 1 saturated carbocycles. The summed E-state index contributed by atoms with van der Waals surface area (Å²) in [7, 11) is 0. The van der Waals surface area contributed by atoms with Gasteiger partial charge in [-0.25, -0.2) is 0 Å². The first-order valence-electron chi connectivity index (χ1n) is 6.46. The number of halogens is 1. The van der Waals surface area contributed by atoms with Crippen molar-refractivity contribution in [3.8, 4) is 0 Å². The van der Waals surface area contributed by atoms with E-state index < -0.39 is 0 Å². The number of carbonyl (C=O) groups excluding carboxylic acids is 1. The molecule has 0 radical (unpaired) electrons. The summed E-state index contributed by atoms with van der Waals surface area (Å²) in [5.41, 5.74) is 0.855. The van der Waals surface area contributed by atoms with E-state index in [0.717, 1.165) is 25.7 Å². The maximum absolute atomic E-state index is 11.3. The SMILES string of the molecule is CC1(C(=O)Cl)CCC(OCc2ccccc2)CC1. The molecule has 0 saturated heterocycles. The zero-order valence-corrected chi connectivity index (χ0v) is 11.5. The van der Waals surface area contributed by atoms with Crippen molar-refractivity contribution in [3.05, 3.63) is 35.9 Å². The average molecular weight is 267 g/mol. The van der Waals surface area contributed by atoms with Crippen molar-refractivity contribution in [1.29, 1.82) is 0 Å². The minimum atomic E-state index is -0.339. The van der Waals surface area contributed by atoms with E-state index in [9.17, 15) is 4.79 Å². The standard InChI is InChI=1S/C15H19ClO2/c1-15(14(16)17)9-7-13(8-10-15)18-11-12-5-3-2-4-6-12/h2-6,13H,7-11H2,1H3. The zero-order chi connectivity index (χ0) is 13.0. The van der Waals surface area contributed by atoms with E-state index in [1.54, 1.807) is 0 Å². The molecule has 3 heteroatoms. The Morgan fingerprint density at radius 3 is 2.50 bits per heavy atom. The highest BCUT2D eigenvalue weighted by Crippen LogP contribution is 2.38. The van der Waals surface area contributed by atoms with Crippen molar-refractivity contribution in [2.75, 3.05) is 0 Å². The fraction of sp³-hybridized carbons (Fsp3) is 0.533. The summed E-state index contributed by atoms with van der Waals surface area (Å²) in [6.45, 7) is 2.60. The van der Waals surface area contributed by atoms with Crippen LogP contribution in [0.4, 0.5) is 0 Å². The highest BCUT2D eigenvalue weighted by molar-refractivity contribution is 6.64. The molecule has 0 bridgehead atoms. The van der Waals surface area contributed by atoms with E-state index in [0.29, 0.717) is 6.61 Å². The Bertz CT molecular complexity index is 394. The topological polar surface area (TPSA) is 26.3 Å². The first-order chi connectivity index (χ1) is 8.60. The number of rotatable bonds is 4. The van der Waals surface area contributed by atoms with Gasteiger partial charge in [-0.05, 0) is 42.8 Å². The van der Waals surface area contributed by atoms with Gasteiger partial charge in [0.05, 0.1) is 12.7 Å². The van der Waals surface area contributed by atoms with Gasteiger partial charge < -0.3 is 4.74 Å². The number of hydrogen-bond donors (Lipinski definition) is 0. The molecule has 1 aliphatic carbocycles. The maximum atomic E-state index is 11.3. The molecule has 0 aliphatic heterocycles. The zero-order valence-electron chi connectivity index (χ0n) is 10.7. The molecule has 0 spiro atoms. The molecule has 0 heterocycles. The third kappa shape index (κ3) is 3.33. The predicted molar refractivity (Wildman–Crippen MR) is 72.5 cm³/mol. The predicted octanol–water partition coefficient (Wildman–Crippen LogP) is 3.92. The smallest absolute Gasteiger partial charge is 0.227 e. The molecular formula is C15H19ClO2. The average Bonchev–Trinajstić information content (AvgIpc) is 2.39. The summed E-state index contributed by atoms with van der Waals surface area (Å²) < 4.78 is 5.89. The van der Waals surface area contributed by atoms with E-state index in [4.69, 9.17) is 16.3 Å². The minimum absolute atomic E-state index is 0.205. The molecule has 0 unspecified atom stereocenters. The summed E-state index contributed by atoms with van der Waals surface area (Å²) in [6.07, 6.45) is 3.75. The van der Waals surface area contributed by atoms with Crippen LogP contribution in [0.1, 0.15) is 38.2 Å². The normalized spacial score (nSPS) is 28.0. The fourth-order valence-electron chi connectivity index (χ4n) is 2.38. The van der Waals surface area contributed by atoms with Gasteiger partial charge in [-0.1, -0.05) is 37.3 Å². The minimum Gasteiger partial charge on any atom is -0.374 e. The molecule has 1 aromatic carbocycles. The molecule has 1 fully saturated rings. The second-order valence-corrected chi connectivity index (χ2v) is 5.67. The van der Waals surface area contributed by atoms with E-state index in [1.807, 2.05) is 25.1 Å². The lowest BCUT2D eigenvalue weighted by Gasteiger charge is -2.34. The third-order valence-electron chi connectivity index (χ3n) is 3.84. The molecule has 98 valence electrons. The summed E-state index contributed by atoms with van der Waals surface area (Å²) in [5, 5.41) is -0.205. The van der Waals surface area contributed by atoms with Gasteiger partial charge >= 0.3 is 0 Å². The molecule has 2 nitrogen and oxygen atoms in total. The maximum Gasteiger partial charge on any atom is 0.227 e. The second-order valence-electron chi connectivity index (χ2n) is 5.33. The molecule has 0 N–H and O–H groups in total. The van der Waals surface area contributed by atoms with E-state index in [-0.39, 0.29) is 16.8 Å². The Balaban J connectivity index is 1.79. The first kappa shape index (κ1) is 13.6. The monoisotopic (exact) mass is 266 g/mol. The second kappa shape index (κ2) is 5.85. The fourth-order valence-corrected chi connectivity index (χ4v) is 2.57. The van der Waals surface area contributed by atoms with Crippen LogP contribution in [0.3, 0.4) is 0 Å². The van der Waals surface area contributed by atoms with Gasteiger partial charge in [-0.3, -0.25) is 4.79 Å². The molecule has 0 amide bonds. The largest absolute Gasteiger partial charge is 0.374 e. The van der Waals surface area contributed by atoms with E-state index in [1.165, 1.54) is 5.56 Å². The summed E-state index contributed by atoms with van der Waals surface area (Å²) in [4.78, 5) is 11.3. The van der Waals surface area contributed by atoms with Crippen molar-refractivity contribution in [3.63, 3.8) is 0 Å². The van der Waals surface area contributed by atoms with Gasteiger partial charge in [0.2, 0.25) is 5.24 Å². The molecular weight excluding hydrogens is 248 g/mol. The van der Waals surface area contributed by atoms with Gasteiger partial charge in [0.15, 0.2) is 0 Å². The van der Waals surface area contributed by atoms with Gasteiger partial charge in [0.1, 0.15) is 0 Å². The number of ether oxygens (including phenoxy) is 1. The van der Waals surface area contributed by atoms with Crippen molar-refractivity contribution >= 4 is 16.8 Å². The Hall–Kier alpha value is -0.860. The number of hydrogen-bond acceptors (Lipinski definition) is 2. The van der Waals surface area contributed by atoms with Crippen molar-refractivity contribution in [1.82, 2.24) is 0 Å². The van der Waals surface area contributed by atoms with Crippen molar-refractivity contribution < 1.29 is 9.53 Å². The lowest BCUT2D eigenvalue weighted by Crippen LogP contribution is -2.32. The molecule has 2 rings (SSSR count). The van der Waals surface area contributed by atoms with Gasteiger partial charge in [0, 0.05) is 5.41 Å². The Kier molecular flexibility index (Phi) is 4.41. The van der Waals surface area contributed by atoms with Crippen molar-refractivity contribution in [2.45, 2.75) is 45.3 Å². The first-order valence-corrected chi connectivity index (χ1v) is 6.83. The third-order valence-corrected chi connectivity index (χ3v) is 4.30. The van der Waals surface area contributed by atoms with Crippen molar-refractivity contribution in [2.24, 2.45) is 5.41 Å². The van der Waals surface area contributed by atoms with Crippen LogP contribution >= 0.6 is 11.6 Å². The van der Waals surface area contributed by atoms with E-state index in [2.05, 4.69) is 12.1 Å². The van der Waals surface area contributed by atoms with Gasteiger partial charge in [-0.15, -0.1) is 0 Å². The van der Waals surface area contributed by atoms with Crippen LogP contribution in [-0.2, 0) is 16.1 Å². The van der Waals surface area contributed by atoms with Gasteiger partial charge in [0.25, 0.3) is 0 Å². The lowest BCUT2D eigenvalue weighted by atomic mass is 9.76. The van der Waals surface area contributed by atoms with Crippen LogP contribution in [0, 0.1) is 5.41 Å². The molecule has 1 aliphatic rings. The highest BCUT2D eigenvalue weighted by Gasteiger charge is 2.36. The van der Waals surface area contributed by atoms with Gasteiger partial charge in [-0.2, -0.15) is 0 Å². The van der Waals surface area contributed by atoms with Crippen LogP contribution in [0.25, 0.3) is 0 Å². The Morgan fingerprint density at radius 1 is 1.33 bits per heavy atom. The Labute approximate surface area is 113 Å². The quantitative estimate of drug-likeness (QED) is 0.772. The summed E-state index contributed by atoms with van der Waals surface area (Å²) in [5.74, 6) is 0. The lowest BCUT2D eigenvalue weighted by molar-refractivity contribution is -0.123. The summed E-state index contributed by atoms with van der Waals surface area (Å²) >= 11 is 5.64. The molecule has 1 aromatic rings. The molecule has 18 heavy (non-hydrogen) atoms. The molecule has 0 aromatic heterocycles. The van der Waals surface area contributed by atoms with Crippen LogP contribution in [0.2, 0.25) is 0 Å². The van der Waals surface area contributed by atoms with E-state index >= 15 is 0 Å². The van der Waals surface area contributed by atoms with Crippen LogP contribution < -0.4 is 0 Å². The van der Waals surface area contributed by atoms with Crippen LogP contribution in [0.15, 0.2) is 30.3 Å². The Morgan fingerprint density at radius 2 is 1.94 bits per heavy atom. The summed E-state index contributed by atoms with van der Waals surface area (Å²) in [6, 6.07) is 10.2.